The van der Waals surface area contributed by atoms with Crippen molar-refractivity contribution in [2.24, 2.45) is 0 Å². The first-order valence-corrected chi connectivity index (χ1v) is 5.28. The van der Waals surface area contributed by atoms with E-state index < -0.39 is 0 Å². The first-order valence-electron chi connectivity index (χ1n) is 5.28. The Hall–Kier alpha value is -2.11. The van der Waals surface area contributed by atoms with Gasteiger partial charge in [0.1, 0.15) is 5.76 Å². The fourth-order valence-corrected chi connectivity index (χ4v) is 1.42. The molecule has 17 heavy (non-hydrogen) atoms. The van der Waals surface area contributed by atoms with Crippen molar-refractivity contribution in [2.75, 3.05) is 7.05 Å². The SMILES string of the molecule is CNC(=O)CCc1nnc(-c2ccoc2C)o1. The molecule has 1 amide bonds. The molecule has 2 aromatic heterocycles. The molecule has 0 radical (unpaired) electrons. The summed E-state index contributed by atoms with van der Waals surface area (Å²) in [6.45, 7) is 1.82. The van der Waals surface area contributed by atoms with Crippen LogP contribution in [-0.2, 0) is 11.2 Å². The Bertz CT molecular complexity index is 516. The Balaban J connectivity index is 2.06. The summed E-state index contributed by atoms with van der Waals surface area (Å²) in [5.41, 5.74) is 0.781. The molecular formula is C11H13N3O3. The van der Waals surface area contributed by atoms with Crippen LogP contribution in [0.5, 0.6) is 0 Å². The number of amides is 1. The van der Waals surface area contributed by atoms with E-state index >= 15 is 0 Å². The molecule has 0 bridgehead atoms. The molecule has 2 heterocycles. The van der Waals surface area contributed by atoms with Gasteiger partial charge in [0.25, 0.3) is 5.89 Å². The first-order chi connectivity index (χ1) is 8.20. The molecule has 0 aliphatic rings. The van der Waals surface area contributed by atoms with Gasteiger partial charge in [-0.1, -0.05) is 0 Å². The number of nitrogens with one attached hydrogen (secondary N) is 1. The topological polar surface area (TPSA) is 81.2 Å². The minimum atomic E-state index is -0.0516. The number of rotatable bonds is 4. The lowest BCUT2D eigenvalue weighted by Gasteiger charge is -1.95. The van der Waals surface area contributed by atoms with E-state index in [1.807, 2.05) is 6.92 Å². The average molecular weight is 235 g/mol. The smallest absolute Gasteiger partial charge is 0.251 e. The molecule has 0 aliphatic carbocycles. The monoisotopic (exact) mass is 235 g/mol. The number of hydrogen-bond acceptors (Lipinski definition) is 5. The van der Waals surface area contributed by atoms with Gasteiger partial charge < -0.3 is 14.2 Å². The Morgan fingerprint density at radius 2 is 2.29 bits per heavy atom. The predicted molar refractivity (Wildman–Crippen MR) is 59.1 cm³/mol. The van der Waals surface area contributed by atoms with Crippen molar-refractivity contribution in [3.8, 4) is 11.5 Å². The fraction of sp³-hybridized carbons (Fsp3) is 0.364. The van der Waals surface area contributed by atoms with Crippen LogP contribution in [0.15, 0.2) is 21.2 Å². The highest BCUT2D eigenvalue weighted by atomic mass is 16.4. The van der Waals surface area contributed by atoms with Crippen molar-refractivity contribution in [2.45, 2.75) is 19.8 Å². The van der Waals surface area contributed by atoms with E-state index in [1.165, 1.54) is 0 Å². The highest BCUT2D eigenvalue weighted by Crippen LogP contribution is 2.22. The number of hydrogen-bond donors (Lipinski definition) is 1. The van der Waals surface area contributed by atoms with Gasteiger partial charge in [0.05, 0.1) is 11.8 Å². The summed E-state index contributed by atoms with van der Waals surface area (Å²) in [7, 11) is 1.59. The normalized spacial score (nSPS) is 10.5. The standard InChI is InChI=1S/C11H13N3O3/c1-7-8(5-6-16-7)11-14-13-10(17-11)4-3-9(15)12-2/h5-6H,3-4H2,1-2H3,(H,12,15). The van der Waals surface area contributed by atoms with Crippen LogP contribution in [-0.4, -0.2) is 23.2 Å². The third kappa shape index (κ3) is 2.52. The Kier molecular flexibility index (Phi) is 3.22. The van der Waals surface area contributed by atoms with Crippen LogP contribution in [0.25, 0.3) is 11.5 Å². The maximum atomic E-state index is 11.1. The zero-order valence-corrected chi connectivity index (χ0v) is 9.69. The van der Waals surface area contributed by atoms with Crippen molar-refractivity contribution >= 4 is 5.91 Å². The van der Waals surface area contributed by atoms with E-state index in [9.17, 15) is 4.79 Å². The van der Waals surface area contributed by atoms with Gasteiger partial charge in [0.15, 0.2) is 0 Å². The first kappa shape index (κ1) is 11.4. The van der Waals surface area contributed by atoms with Crippen LogP contribution in [0.4, 0.5) is 0 Å². The third-order valence-corrected chi connectivity index (χ3v) is 2.40. The molecular weight excluding hydrogens is 222 g/mol. The van der Waals surface area contributed by atoms with Gasteiger partial charge in [-0.05, 0) is 13.0 Å². The number of carbonyl (C=O) groups excluding carboxylic acids is 1. The third-order valence-electron chi connectivity index (χ3n) is 2.40. The molecule has 0 aliphatic heterocycles. The van der Waals surface area contributed by atoms with Crippen LogP contribution < -0.4 is 5.32 Å². The van der Waals surface area contributed by atoms with Crippen molar-refractivity contribution < 1.29 is 13.6 Å². The number of carbonyl (C=O) groups is 1. The van der Waals surface area contributed by atoms with Gasteiger partial charge in [-0.3, -0.25) is 4.79 Å². The van der Waals surface area contributed by atoms with E-state index in [-0.39, 0.29) is 5.91 Å². The minimum absolute atomic E-state index is 0.0516. The quantitative estimate of drug-likeness (QED) is 0.864. The summed E-state index contributed by atoms with van der Waals surface area (Å²) in [6.07, 6.45) is 2.34. The van der Waals surface area contributed by atoms with E-state index in [1.54, 1.807) is 19.4 Å². The summed E-state index contributed by atoms with van der Waals surface area (Å²) in [6, 6.07) is 1.77. The van der Waals surface area contributed by atoms with Gasteiger partial charge >= 0.3 is 0 Å². The zero-order valence-electron chi connectivity index (χ0n) is 9.69. The molecule has 6 nitrogen and oxygen atoms in total. The van der Waals surface area contributed by atoms with Crippen LogP contribution >= 0.6 is 0 Å². The van der Waals surface area contributed by atoms with Crippen LogP contribution in [0.2, 0.25) is 0 Å². The van der Waals surface area contributed by atoms with Gasteiger partial charge in [-0.25, -0.2) is 0 Å². The predicted octanol–water partition coefficient (Wildman–Crippen LogP) is 1.32. The molecule has 0 atom stereocenters. The molecule has 2 aromatic rings. The molecule has 0 unspecified atom stereocenters. The second-order valence-corrected chi connectivity index (χ2v) is 3.56. The van der Waals surface area contributed by atoms with E-state index in [0.29, 0.717) is 24.6 Å². The highest BCUT2D eigenvalue weighted by molar-refractivity contribution is 5.75. The van der Waals surface area contributed by atoms with Crippen LogP contribution in [0, 0.1) is 6.92 Å². The zero-order chi connectivity index (χ0) is 12.3. The van der Waals surface area contributed by atoms with Gasteiger partial charge in [-0.15, -0.1) is 10.2 Å². The molecule has 1 N–H and O–H groups in total. The molecule has 6 heteroatoms. The number of furan rings is 1. The maximum Gasteiger partial charge on any atom is 0.251 e. The second kappa shape index (κ2) is 4.82. The lowest BCUT2D eigenvalue weighted by Crippen LogP contribution is -2.17. The molecule has 0 saturated carbocycles. The van der Waals surface area contributed by atoms with Crippen molar-refractivity contribution in [1.29, 1.82) is 0 Å². The molecule has 90 valence electrons. The molecule has 0 saturated heterocycles. The summed E-state index contributed by atoms with van der Waals surface area (Å²) >= 11 is 0. The Morgan fingerprint density at radius 1 is 1.47 bits per heavy atom. The fourth-order valence-electron chi connectivity index (χ4n) is 1.42. The number of aryl methyl sites for hydroxylation is 2. The van der Waals surface area contributed by atoms with E-state index in [2.05, 4.69) is 15.5 Å². The molecule has 0 spiro atoms. The van der Waals surface area contributed by atoms with E-state index in [4.69, 9.17) is 8.83 Å². The van der Waals surface area contributed by atoms with Gasteiger partial charge in [0.2, 0.25) is 11.8 Å². The van der Waals surface area contributed by atoms with Gasteiger partial charge in [-0.2, -0.15) is 0 Å². The largest absolute Gasteiger partial charge is 0.469 e. The van der Waals surface area contributed by atoms with Crippen molar-refractivity contribution in [3.05, 3.63) is 24.0 Å². The van der Waals surface area contributed by atoms with Gasteiger partial charge in [0, 0.05) is 19.9 Å². The lowest BCUT2D eigenvalue weighted by molar-refractivity contribution is -0.120. The Labute approximate surface area is 98.0 Å². The molecule has 0 fully saturated rings. The van der Waals surface area contributed by atoms with Crippen LogP contribution in [0.3, 0.4) is 0 Å². The second-order valence-electron chi connectivity index (χ2n) is 3.56. The van der Waals surface area contributed by atoms with E-state index in [0.717, 1.165) is 11.3 Å². The summed E-state index contributed by atoms with van der Waals surface area (Å²) in [5.74, 6) is 1.54. The Morgan fingerprint density at radius 3 is 2.94 bits per heavy atom. The number of nitrogens with zero attached hydrogens (tertiary/aromatic N) is 2. The van der Waals surface area contributed by atoms with Crippen molar-refractivity contribution in [1.82, 2.24) is 15.5 Å². The molecule has 2 rings (SSSR count). The highest BCUT2D eigenvalue weighted by Gasteiger charge is 2.13. The van der Waals surface area contributed by atoms with Crippen LogP contribution in [0.1, 0.15) is 18.1 Å². The summed E-state index contributed by atoms with van der Waals surface area (Å²) in [5, 5.41) is 10.3. The molecule has 0 aromatic carbocycles. The summed E-state index contributed by atoms with van der Waals surface area (Å²) in [4.78, 5) is 11.1. The minimum Gasteiger partial charge on any atom is -0.469 e. The number of aromatic nitrogens is 2. The summed E-state index contributed by atoms with van der Waals surface area (Å²) < 4.78 is 10.6. The van der Waals surface area contributed by atoms with Crippen molar-refractivity contribution in [3.63, 3.8) is 0 Å². The lowest BCUT2D eigenvalue weighted by atomic mass is 10.2. The average Bonchev–Trinajstić information content (AvgIpc) is 2.94. The maximum absolute atomic E-state index is 11.1.